The van der Waals surface area contributed by atoms with Crippen LogP contribution in [0.1, 0.15) is 36.4 Å². The van der Waals surface area contributed by atoms with E-state index in [1.807, 2.05) is 19.1 Å². The molecule has 0 aliphatic heterocycles. The van der Waals surface area contributed by atoms with Crippen LogP contribution < -0.4 is 5.73 Å². The van der Waals surface area contributed by atoms with Crippen LogP contribution >= 0.6 is 34.5 Å². The number of amides is 1. The second-order valence-electron chi connectivity index (χ2n) is 4.86. The second kappa shape index (κ2) is 10.2. The lowest BCUT2D eigenvalue weighted by Gasteiger charge is -1.98. The minimum atomic E-state index is -0.489. The molecular weight excluding hydrogens is 367 g/mol. The summed E-state index contributed by atoms with van der Waals surface area (Å²) in [5, 5.41) is 1.72. The van der Waals surface area contributed by atoms with Gasteiger partial charge in [-0.3, -0.25) is 4.79 Å². The van der Waals surface area contributed by atoms with Crippen molar-refractivity contribution >= 4 is 46.2 Å². The third-order valence-electron chi connectivity index (χ3n) is 2.76. The zero-order valence-corrected chi connectivity index (χ0v) is 15.7. The maximum absolute atomic E-state index is 10.9. The van der Waals surface area contributed by atoms with Crippen LogP contribution in [-0.4, -0.2) is 16.7 Å². The van der Waals surface area contributed by atoms with E-state index in [0.717, 1.165) is 12.0 Å². The van der Waals surface area contributed by atoms with Crippen molar-refractivity contribution in [2.45, 2.75) is 26.7 Å². The zero-order valence-electron chi connectivity index (χ0n) is 13.4. The van der Waals surface area contributed by atoms with Crippen molar-refractivity contribution in [3.63, 3.8) is 0 Å². The fraction of sp³-hybridized carbons (Fsp3) is 0.235. The van der Waals surface area contributed by atoms with Crippen molar-refractivity contribution in [1.29, 1.82) is 0 Å². The molecule has 0 aliphatic carbocycles. The van der Waals surface area contributed by atoms with Crippen LogP contribution in [0.5, 0.6) is 0 Å². The van der Waals surface area contributed by atoms with Crippen molar-refractivity contribution < 1.29 is 9.59 Å². The Hall–Kier alpha value is -1.69. The molecule has 24 heavy (non-hydrogen) atoms. The van der Waals surface area contributed by atoms with E-state index in [1.54, 1.807) is 25.1 Å². The molecule has 1 heterocycles. The molecule has 2 aromatic rings. The highest BCUT2D eigenvalue weighted by atomic mass is 35.5. The van der Waals surface area contributed by atoms with Crippen LogP contribution in [0.3, 0.4) is 0 Å². The van der Waals surface area contributed by atoms with Gasteiger partial charge in [-0.25, -0.2) is 4.98 Å². The van der Waals surface area contributed by atoms with E-state index in [-0.39, 0.29) is 5.78 Å². The fourth-order valence-electron chi connectivity index (χ4n) is 1.65. The number of hydrogen-bond donors (Lipinski definition) is 1. The summed E-state index contributed by atoms with van der Waals surface area (Å²) in [7, 11) is 0. The largest absolute Gasteiger partial charge is 0.365 e. The molecule has 128 valence electrons. The lowest BCUT2D eigenvalue weighted by Crippen LogP contribution is -2.08. The molecule has 2 N–H and O–H groups in total. The van der Waals surface area contributed by atoms with Crippen LogP contribution in [0.25, 0.3) is 10.6 Å². The van der Waals surface area contributed by atoms with E-state index in [9.17, 15) is 9.59 Å². The first-order chi connectivity index (χ1) is 11.3. The SMILES string of the molecule is C/C=C\CCC(C)=O.NC(=O)c1cnc(-c2cc(Cl)cc(Cl)c2)s1. The van der Waals surface area contributed by atoms with Gasteiger partial charge in [-0.15, -0.1) is 11.3 Å². The Morgan fingerprint density at radius 2 is 1.88 bits per heavy atom. The van der Waals surface area contributed by atoms with Crippen molar-refractivity contribution in [1.82, 2.24) is 4.98 Å². The van der Waals surface area contributed by atoms with Gasteiger partial charge < -0.3 is 10.5 Å². The molecule has 2 rings (SSSR count). The maximum atomic E-state index is 10.9. The summed E-state index contributed by atoms with van der Waals surface area (Å²) in [6, 6.07) is 5.10. The normalized spacial score (nSPS) is 10.3. The van der Waals surface area contributed by atoms with E-state index in [4.69, 9.17) is 28.9 Å². The first kappa shape index (κ1) is 20.4. The van der Waals surface area contributed by atoms with Gasteiger partial charge in [-0.1, -0.05) is 35.4 Å². The number of primary amides is 1. The number of allylic oxidation sites excluding steroid dienone is 2. The minimum absolute atomic E-state index is 0.267. The predicted molar refractivity (Wildman–Crippen MR) is 101 cm³/mol. The number of rotatable bonds is 5. The standard InChI is InChI=1S/C10H6Cl2N2OS.C7H12O/c11-6-1-5(2-7(12)3-6)10-14-4-8(16-10)9(13)15;1-3-4-5-6-7(2)8/h1-4H,(H2,13,15);3-4H,5-6H2,1-2H3/b;4-3-. The van der Waals surface area contributed by atoms with Gasteiger partial charge in [0, 0.05) is 22.0 Å². The molecule has 0 radical (unpaired) electrons. The fourth-order valence-corrected chi connectivity index (χ4v) is 2.93. The van der Waals surface area contributed by atoms with Gasteiger partial charge >= 0.3 is 0 Å². The number of nitrogens with zero attached hydrogens (tertiary/aromatic N) is 1. The van der Waals surface area contributed by atoms with Crippen molar-refractivity contribution in [3.05, 3.63) is 51.5 Å². The van der Waals surface area contributed by atoms with Crippen molar-refractivity contribution in [2.75, 3.05) is 0 Å². The number of Topliss-reactive ketones (excluding diaryl/α,β-unsaturated/α-hetero) is 1. The molecule has 4 nitrogen and oxygen atoms in total. The number of ketones is 1. The molecule has 1 amide bonds. The Balaban J connectivity index is 0.000000307. The second-order valence-corrected chi connectivity index (χ2v) is 6.77. The van der Waals surface area contributed by atoms with E-state index >= 15 is 0 Å². The van der Waals surface area contributed by atoms with Gasteiger partial charge in [-0.05, 0) is 38.5 Å². The third-order valence-corrected chi connectivity index (χ3v) is 4.25. The number of hydrogen-bond acceptors (Lipinski definition) is 4. The Morgan fingerprint density at radius 1 is 1.25 bits per heavy atom. The number of thiazole rings is 1. The highest BCUT2D eigenvalue weighted by Crippen LogP contribution is 2.29. The Kier molecular flexibility index (Phi) is 8.68. The molecule has 0 atom stereocenters. The summed E-state index contributed by atoms with van der Waals surface area (Å²) in [5.74, 6) is -0.222. The van der Waals surface area contributed by atoms with Crippen LogP contribution in [-0.2, 0) is 4.79 Å². The summed E-state index contributed by atoms with van der Waals surface area (Å²) in [4.78, 5) is 25.7. The molecule has 0 saturated carbocycles. The van der Waals surface area contributed by atoms with Crippen LogP contribution in [0.2, 0.25) is 10.0 Å². The number of nitrogens with two attached hydrogens (primary N) is 1. The smallest absolute Gasteiger partial charge is 0.260 e. The lowest BCUT2D eigenvalue weighted by molar-refractivity contribution is -0.116. The van der Waals surface area contributed by atoms with E-state index < -0.39 is 5.91 Å². The number of benzene rings is 1. The van der Waals surface area contributed by atoms with E-state index in [2.05, 4.69) is 4.98 Å². The summed E-state index contributed by atoms with van der Waals surface area (Å²) >= 11 is 12.9. The Morgan fingerprint density at radius 3 is 2.33 bits per heavy atom. The van der Waals surface area contributed by atoms with Gasteiger partial charge in [0.25, 0.3) is 5.91 Å². The highest BCUT2D eigenvalue weighted by molar-refractivity contribution is 7.16. The first-order valence-corrected chi connectivity index (χ1v) is 8.73. The molecule has 0 aliphatic rings. The highest BCUT2D eigenvalue weighted by Gasteiger charge is 2.09. The molecule has 7 heteroatoms. The zero-order chi connectivity index (χ0) is 18.1. The van der Waals surface area contributed by atoms with E-state index in [0.29, 0.717) is 26.4 Å². The van der Waals surface area contributed by atoms with Gasteiger partial charge in [0.1, 0.15) is 15.7 Å². The first-order valence-electron chi connectivity index (χ1n) is 7.16. The van der Waals surface area contributed by atoms with Crippen LogP contribution in [0.15, 0.2) is 36.5 Å². The summed E-state index contributed by atoms with van der Waals surface area (Å²) in [5.41, 5.74) is 5.92. The molecule has 0 bridgehead atoms. The lowest BCUT2D eigenvalue weighted by atomic mass is 10.2. The molecule has 0 fully saturated rings. The van der Waals surface area contributed by atoms with Crippen LogP contribution in [0.4, 0.5) is 0 Å². The number of halogens is 2. The monoisotopic (exact) mass is 384 g/mol. The van der Waals surface area contributed by atoms with Gasteiger partial charge in [-0.2, -0.15) is 0 Å². The number of aromatic nitrogens is 1. The Bertz CT molecular complexity index is 722. The molecule has 0 saturated heterocycles. The topological polar surface area (TPSA) is 73.1 Å². The summed E-state index contributed by atoms with van der Waals surface area (Å²) in [6.45, 7) is 3.57. The molecular formula is C17H18Cl2N2O2S. The molecule has 0 spiro atoms. The average Bonchev–Trinajstić information content (AvgIpc) is 2.97. The summed E-state index contributed by atoms with van der Waals surface area (Å²) < 4.78 is 0. The van der Waals surface area contributed by atoms with Gasteiger partial charge in [0.15, 0.2) is 0 Å². The van der Waals surface area contributed by atoms with E-state index in [1.165, 1.54) is 17.5 Å². The minimum Gasteiger partial charge on any atom is -0.365 e. The van der Waals surface area contributed by atoms with Gasteiger partial charge in [0.2, 0.25) is 0 Å². The number of carbonyl (C=O) groups excluding carboxylic acids is 2. The molecule has 0 unspecified atom stereocenters. The molecule has 1 aromatic carbocycles. The van der Waals surface area contributed by atoms with Crippen molar-refractivity contribution in [3.8, 4) is 10.6 Å². The number of carbonyl (C=O) groups is 2. The Labute approximate surface area is 155 Å². The van der Waals surface area contributed by atoms with Crippen LogP contribution in [0, 0.1) is 0 Å². The van der Waals surface area contributed by atoms with Gasteiger partial charge in [0.05, 0.1) is 6.20 Å². The quantitative estimate of drug-likeness (QED) is 0.724. The van der Waals surface area contributed by atoms with Crippen molar-refractivity contribution in [2.24, 2.45) is 5.73 Å². The predicted octanol–water partition coefficient (Wildman–Crippen LogP) is 5.15. The maximum Gasteiger partial charge on any atom is 0.260 e. The molecule has 1 aromatic heterocycles. The summed E-state index contributed by atoms with van der Waals surface area (Å²) in [6.07, 6.45) is 6.98. The third kappa shape index (κ3) is 7.25. The average molecular weight is 385 g/mol.